The van der Waals surface area contributed by atoms with E-state index >= 15 is 0 Å². The maximum absolute atomic E-state index is 0. The van der Waals surface area contributed by atoms with Gasteiger partial charge in [0.25, 0.3) is 0 Å². The summed E-state index contributed by atoms with van der Waals surface area (Å²) in [5.74, 6) is 0. The van der Waals surface area contributed by atoms with Crippen molar-refractivity contribution >= 4 is 54.0 Å². The third-order valence-electron chi connectivity index (χ3n) is 0. The Bertz CT molecular complexity index is 8.00. The summed E-state index contributed by atoms with van der Waals surface area (Å²) in [7, 11) is 0. The van der Waals surface area contributed by atoms with Gasteiger partial charge in [-0.15, -0.1) is 0 Å². The largest absolute Gasteiger partial charge is 2.00 e. The summed E-state index contributed by atoms with van der Waals surface area (Å²) in [5.41, 5.74) is 0. The normalized spacial score (nSPS) is 0. The van der Waals surface area contributed by atoms with Crippen LogP contribution in [0.2, 0.25) is 0 Å². The number of rotatable bonds is 0. The van der Waals surface area contributed by atoms with Gasteiger partial charge in [-0.2, -0.15) is 0 Å². The summed E-state index contributed by atoms with van der Waals surface area (Å²) in [6.07, 6.45) is 0. The predicted octanol–water partition coefficient (Wildman–Crippen LogP) is -0.0196. The molecule has 0 amide bonds. The molecule has 0 radical (unpaired) electrons. The zero-order valence-electron chi connectivity index (χ0n) is 3.05. The minimum atomic E-state index is 0. The molecular formula is Fe4S4-8. The minimum Gasteiger partial charge on any atom is -2.00 e. The fourth-order valence-corrected chi connectivity index (χ4v) is 0. The van der Waals surface area contributed by atoms with Gasteiger partial charge in [0.2, 0.25) is 0 Å². The topological polar surface area (TPSA) is 0 Å². The van der Waals surface area contributed by atoms with Gasteiger partial charge in [0.15, 0.2) is 0 Å². The first kappa shape index (κ1) is 104. The first-order valence-electron chi connectivity index (χ1n) is 0. The summed E-state index contributed by atoms with van der Waals surface area (Å²) in [5, 5.41) is 0. The van der Waals surface area contributed by atoms with E-state index in [1.165, 1.54) is 0 Å². The van der Waals surface area contributed by atoms with Gasteiger partial charge in [0.05, 0.1) is 0 Å². The zero-order chi connectivity index (χ0) is 0. The molecule has 0 spiro atoms. The number of hydrogen-bond acceptors (Lipinski definition) is 0. The Labute approximate surface area is 121 Å². The van der Waals surface area contributed by atoms with Crippen molar-refractivity contribution in [1.29, 1.82) is 0 Å². The fraction of sp³-hybridized carbons (Fsp3) is 0. The van der Waals surface area contributed by atoms with Gasteiger partial charge in [-0.25, -0.2) is 0 Å². The molecule has 0 rings (SSSR count). The van der Waals surface area contributed by atoms with Gasteiger partial charge >= 0.3 is 0 Å². The fourth-order valence-electron chi connectivity index (χ4n) is 0. The molecule has 64 valence electrons. The van der Waals surface area contributed by atoms with Crippen LogP contribution in [-0.2, 0) is 122 Å². The van der Waals surface area contributed by atoms with Crippen LogP contribution in [0.4, 0.5) is 0 Å². The summed E-state index contributed by atoms with van der Waals surface area (Å²) >= 11 is 0. The molecule has 8 heteroatoms. The Morgan fingerprint density at radius 1 is 0.250 bits per heavy atom. The van der Waals surface area contributed by atoms with E-state index in [1.54, 1.807) is 0 Å². The average Bonchev–Trinajstić information content (AvgIpc) is 0. The predicted molar refractivity (Wildman–Crippen MR) is 29.5 cm³/mol. The van der Waals surface area contributed by atoms with Gasteiger partial charge in [0, 0.05) is 68.3 Å². The van der Waals surface area contributed by atoms with Crippen LogP contribution in [0.1, 0.15) is 0 Å². The van der Waals surface area contributed by atoms with Crippen LogP contribution in [0.15, 0.2) is 0 Å². The maximum atomic E-state index is 0. The molecule has 0 fully saturated rings. The molecule has 0 bridgehead atoms. The van der Waals surface area contributed by atoms with Gasteiger partial charge in [-0.05, 0) is 0 Å². The number of hydrogen-bond donors (Lipinski definition) is 0. The first-order chi connectivity index (χ1) is 0. The Kier molecular flexibility index (Phi) is 1010. The van der Waals surface area contributed by atoms with Gasteiger partial charge in [-0.3, -0.25) is 0 Å². The summed E-state index contributed by atoms with van der Waals surface area (Å²) in [6, 6.07) is 0. The molecule has 0 aromatic carbocycles. The van der Waals surface area contributed by atoms with Crippen LogP contribution in [0, 0.1) is 0 Å². The molecule has 0 aromatic heterocycles. The van der Waals surface area contributed by atoms with Gasteiger partial charge in [0.1, 0.15) is 0 Å². The van der Waals surface area contributed by atoms with E-state index in [0.29, 0.717) is 0 Å². The third kappa shape index (κ3) is 56.3. The van der Waals surface area contributed by atoms with E-state index in [4.69, 9.17) is 0 Å². The second-order valence-corrected chi connectivity index (χ2v) is 0. The zero-order valence-corrected chi connectivity index (χ0v) is 10.7. The van der Waals surface area contributed by atoms with Crippen molar-refractivity contribution in [1.82, 2.24) is 0 Å². The van der Waals surface area contributed by atoms with E-state index in [9.17, 15) is 0 Å². The van der Waals surface area contributed by atoms with Crippen molar-refractivity contribution in [2.24, 2.45) is 0 Å². The van der Waals surface area contributed by atoms with Crippen LogP contribution < -0.4 is 0 Å². The molecule has 8 heavy (non-hydrogen) atoms. The van der Waals surface area contributed by atoms with Crippen LogP contribution in [-0.4, -0.2) is 0 Å². The first-order valence-corrected chi connectivity index (χ1v) is 0. The Hall–Kier alpha value is 3.48. The van der Waals surface area contributed by atoms with Crippen molar-refractivity contribution in [2.75, 3.05) is 0 Å². The molecule has 0 atom stereocenters. The molecule has 0 N–H and O–H groups in total. The van der Waals surface area contributed by atoms with E-state index in [0.717, 1.165) is 0 Å². The molecule has 0 nitrogen and oxygen atoms in total. The quantitative estimate of drug-likeness (QED) is 0.538. The van der Waals surface area contributed by atoms with Gasteiger partial charge in [-0.1, -0.05) is 0 Å². The summed E-state index contributed by atoms with van der Waals surface area (Å²) < 4.78 is 0. The smallest absolute Gasteiger partial charge is 0 e. The molecule has 0 saturated carbocycles. The molecular weight excluding hydrogens is 352 g/mol. The van der Waals surface area contributed by atoms with E-state index in [-0.39, 0.29) is 122 Å². The molecule has 0 aliphatic rings. The van der Waals surface area contributed by atoms with Crippen molar-refractivity contribution in [2.45, 2.75) is 0 Å². The SMILES string of the molecule is [Fe].[Fe].[Fe].[Fe].[S-2].[S-2].[S-2].[S-2]. The van der Waals surface area contributed by atoms with Crippen molar-refractivity contribution in [3.05, 3.63) is 0 Å². The van der Waals surface area contributed by atoms with Crippen LogP contribution in [0.3, 0.4) is 0 Å². The van der Waals surface area contributed by atoms with E-state index in [1.807, 2.05) is 0 Å². The Balaban J connectivity index is 0. The second kappa shape index (κ2) is 77.8. The molecule has 0 unspecified atom stereocenters. The van der Waals surface area contributed by atoms with Crippen LogP contribution in [0.5, 0.6) is 0 Å². The monoisotopic (exact) mass is 352 g/mol. The minimum absolute atomic E-state index is 0. The Morgan fingerprint density at radius 2 is 0.250 bits per heavy atom. The second-order valence-electron chi connectivity index (χ2n) is 0. The Morgan fingerprint density at radius 3 is 0.250 bits per heavy atom. The van der Waals surface area contributed by atoms with Crippen molar-refractivity contribution in [3.63, 3.8) is 0 Å². The molecule has 0 aliphatic carbocycles. The third-order valence-corrected chi connectivity index (χ3v) is 0. The van der Waals surface area contributed by atoms with E-state index in [2.05, 4.69) is 0 Å². The summed E-state index contributed by atoms with van der Waals surface area (Å²) in [4.78, 5) is 0. The van der Waals surface area contributed by atoms with E-state index < -0.39 is 0 Å². The van der Waals surface area contributed by atoms with Gasteiger partial charge < -0.3 is 54.0 Å². The van der Waals surface area contributed by atoms with Crippen LogP contribution >= 0.6 is 0 Å². The van der Waals surface area contributed by atoms with Crippen molar-refractivity contribution in [3.8, 4) is 0 Å². The molecule has 0 aromatic rings. The average molecular weight is 352 g/mol. The van der Waals surface area contributed by atoms with Crippen molar-refractivity contribution < 1.29 is 68.3 Å². The molecule has 0 saturated heterocycles. The molecule has 0 heterocycles. The van der Waals surface area contributed by atoms with Crippen LogP contribution in [0.25, 0.3) is 0 Å². The maximum Gasteiger partial charge on any atom is 0 e. The molecule has 0 aliphatic heterocycles. The standard InChI is InChI=1S/4Fe.4S/q;;;;4*-2. The summed E-state index contributed by atoms with van der Waals surface area (Å²) in [6.45, 7) is 0.